The molecule has 0 fully saturated rings. The molecule has 1 aliphatic heterocycles. The molecule has 0 spiro atoms. The van der Waals surface area contributed by atoms with Gasteiger partial charge >= 0.3 is 0 Å². The highest BCUT2D eigenvalue weighted by atomic mass is 32.2. The second kappa shape index (κ2) is 7.17. The molecule has 0 saturated carbocycles. The summed E-state index contributed by atoms with van der Waals surface area (Å²) >= 11 is 3.42. The summed E-state index contributed by atoms with van der Waals surface area (Å²) in [7, 11) is 0. The normalized spacial score (nSPS) is 14.3. The first-order valence-electron chi connectivity index (χ1n) is 6.86. The lowest BCUT2D eigenvalue weighted by atomic mass is 10.2. The zero-order chi connectivity index (χ0) is 14.5. The van der Waals surface area contributed by atoms with Gasteiger partial charge in [-0.3, -0.25) is 0 Å². The van der Waals surface area contributed by atoms with Gasteiger partial charge in [-0.05, 0) is 29.6 Å². The van der Waals surface area contributed by atoms with Crippen LogP contribution in [0.25, 0.3) is 0 Å². The standard InChI is InChI=1S/C15H17NO3S2/c17-12(9-21-15-2-1-5-20-15)8-16-7-11-3-4-13-14(6-11)19-10-18-13/h1-6,12,16-17H,7-10H2/p+1/t12-/m1/s1. The van der Waals surface area contributed by atoms with Gasteiger partial charge in [-0.25, -0.2) is 0 Å². The van der Waals surface area contributed by atoms with Crippen molar-refractivity contribution in [3.05, 3.63) is 41.3 Å². The highest BCUT2D eigenvalue weighted by Gasteiger charge is 2.14. The maximum atomic E-state index is 9.99. The molecule has 1 atom stereocenters. The summed E-state index contributed by atoms with van der Waals surface area (Å²) in [5.41, 5.74) is 1.18. The van der Waals surface area contributed by atoms with Crippen LogP contribution in [0, 0.1) is 0 Å². The van der Waals surface area contributed by atoms with Crippen molar-refractivity contribution in [2.24, 2.45) is 0 Å². The quantitative estimate of drug-likeness (QED) is 0.761. The van der Waals surface area contributed by atoms with Crippen LogP contribution < -0.4 is 14.8 Å². The molecule has 6 heteroatoms. The molecule has 0 aliphatic carbocycles. The molecule has 112 valence electrons. The average Bonchev–Trinajstić information content (AvgIpc) is 3.16. The number of quaternary nitrogens is 1. The molecule has 21 heavy (non-hydrogen) atoms. The van der Waals surface area contributed by atoms with E-state index in [4.69, 9.17) is 9.47 Å². The minimum atomic E-state index is -0.300. The number of thioether (sulfide) groups is 1. The molecule has 2 heterocycles. The Morgan fingerprint density at radius 3 is 3.05 bits per heavy atom. The zero-order valence-electron chi connectivity index (χ0n) is 11.5. The van der Waals surface area contributed by atoms with Crippen molar-refractivity contribution < 1.29 is 19.9 Å². The second-order valence-corrected chi connectivity index (χ2v) is 7.08. The lowest BCUT2D eigenvalue weighted by Gasteiger charge is -2.09. The van der Waals surface area contributed by atoms with E-state index in [-0.39, 0.29) is 6.10 Å². The molecular weight excluding hydrogens is 306 g/mol. The smallest absolute Gasteiger partial charge is 0.231 e. The van der Waals surface area contributed by atoms with Crippen LogP contribution in [0.2, 0.25) is 0 Å². The van der Waals surface area contributed by atoms with Crippen molar-refractivity contribution >= 4 is 23.1 Å². The molecule has 0 radical (unpaired) electrons. The first kappa shape index (κ1) is 14.7. The van der Waals surface area contributed by atoms with E-state index < -0.39 is 0 Å². The fraction of sp³-hybridized carbons (Fsp3) is 0.333. The molecule has 1 aromatic heterocycles. The Labute approximate surface area is 132 Å². The molecule has 0 unspecified atom stereocenters. The van der Waals surface area contributed by atoms with Crippen LogP contribution >= 0.6 is 23.1 Å². The number of fused-ring (bicyclic) bond motifs is 1. The minimum Gasteiger partial charge on any atom is -0.454 e. The maximum absolute atomic E-state index is 9.99. The number of benzene rings is 1. The van der Waals surface area contributed by atoms with E-state index in [1.54, 1.807) is 23.1 Å². The lowest BCUT2D eigenvalue weighted by Crippen LogP contribution is -2.85. The fourth-order valence-electron chi connectivity index (χ4n) is 2.10. The molecule has 0 amide bonds. The van der Waals surface area contributed by atoms with Gasteiger partial charge in [0.2, 0.25) is 6.79 Å². The number of aliphatic hydroxyl groups is 1. The van der Waals surface area contributed by atoms with Gasteiger partial charge in [0.15, 0.2) is 11.5 Å². The third-order valence-corrected chi connectivity index (χ3v) is 5.44. The monoisotopic (exact) mass is 324 g/mol. The van der Waals surface area contributed by atoms with Crippen LogP contribution in [-0.2, 0) is 6.54 Å². The van der Waals surface area contributed by atoms with Gasteiger partial charge in [0.25, 0.3) is 0 Å². The van der Waals surface area contributed by atoms with Gasteiger partial charge in [-0.15, -0.1) is 23.1 Å². The number of aliphatic hydroxyl groups excluding tert-OH is 1. The summed E-state index contributed by atoms with van der Waals surface area (Å²) in [6, 6.07) is 10.1. The first-order valence-corrected chi connectivity index (χ1v) is 8.72. The summed E-state index contributed by atoms with van der Waals surface area (Å²) in [5.74, 6) is 2.36. The van der Waals surface area contributed by atoms with Crippen LogP contribution in [0.1, 0.15) is 5.56 Å². The van der Waals surface area contributed by atoms with E-state index in [2.05, 4.69) is 16.8 Å². The highest BCUT2D eigenvalue weighted by Crippen LogP contribution is 2.32. The second-order valence-electron chi connectivity index (χ2n) is 4.81. The molecule has 3 N–H and O–H groups in total. The maximum Gasteiger partial charge on any atom is 0.231 e. The van der Waals surface area contributed by atoms with E-state index in [1.807, 2.05) is 24.3 Å². The predicted molar refractivity (Wildman–Crippen MR) is 84.1 cm³/mol. The molecule has 2 aromatic rings. The Bertz CT molecular complexity index is 574. The topological polar surface area (TPSA) is 55.3 Å². The predicted octanol–water partition coefficient (Wildman–Crippen LogP) is 1.69. The van der Waals surface area contributed by atoms with Crippen LogP contribution in [0.3, 0.4) is 0 Å². The minimum absolute atomic E-state index is 0.300. The molecule has 1 aliphatic rings. The number of nitrogens with two attached hydrogens (primary N) is 1. The Hall–Kier alpha value is -1.21. The van der Waals surface area contributed by atoms with Crippen molar-refractivity contribution in [2.45, 2.75) is 16.9 Å². The molecule has 1 aromatic carbocycles. The molecular formula is C15H18NO3S2+. The SMILES string of the molecule is O[C@H](C[NH2+]Cc1ccc2c(c1)OCO2)CSc1cccs1. The summed E-state index contributed by atoms with van der Waals surface area (Å²) in [5, 5.41) is 14.2. The summed E-state index contributed by atoms with van der Waals surface area (Å²) in [4.78, 5) is 0. The van der Waals surface area contributed by atoms with E-state index >= 15 is 0 Å². The Balaban J connectivity index is 1.39. The Kier molecular flexibility index (Phi) is 5.03. The lowest BCUT2D eigenvalue weighted by molar-refractivity contribution is -0.675. The van der Waals surface area contributed by atoms with Gasteiger partial charge in [-0.2, -0.15) is 0 Å². The number of hydrogen-bond donors (Lipinski definition) is 2. The first-order chi connectivity index (χ1) is 10.3. The van der Waals surface area contributed by atoms with E-state index in [0.717, 1.165) is 23.8 Å². The van der Waals surface area contributed by atoms with Crippen LogP contribution in [0.4, 0.5) is 0 Å². The van der Waals surface area contributed by atoms with Crippen molar-refractivity contribution in [2.75, 3.05) is 19.1 Å². The van der Waals surface area contributed by atoms with Gasteiger partial charge in [0, 0.05) is 11.3 Å². The zero-order valence-corrected chi connectivity index (χ0v) is 13.2. The summed E-state index contributed by atoms with van der Waals surface area (Å²) in [6.07, 6.45) is -0.300. The number of hydrogen-bond acceptors (Lipinski definition) is 5. The third-order valence-electron chi connectivity index (χ3n) is 3.17. The Morgan fingerprint density at radius 1 is 1.29 bits per heavy atom. The van der Waals surface area contributed by atoms with E-state index in [0.29, 0.717) is 13.3 Å². The number of ether oxygens (including phenoxy) is 2. The molecule has 0 bridgehead atoms. The number of rotatable bonds is 7. The van der Waals surface area contributed by atoms with Gasteiger partial charge in [-0.1, -0.05) is 6.07 Å². The van der Waals surface area contributed by atoms with Crippen LogP contribution in [0.15, 0.2) is 39.9 Å². The summed E-state index contributed by atoms with van der Waals surface area (Å²) in [6.45, 7) is 1.84. The van der Waals surface area contributed by atoms with E-state index in [9.17, 15) is 5.11 Å². The highest BCUT2D eigenvalue weighted by molar-refractivity contribution is 8.01. The van der Waals surface area contributed by atoms with Gasteiger partial charge in [0.05, 0.1) is 4.21 Å². The van der Waals surface area contributed by atoms with Crippen LogP contribution in [-0.4, -0.2) is 30.3 Å². The average molecular weight is 324 g/mol. The fourth-order valence-corrected chi connectivity index (χ4v) is 3.86. The third kappa shape index (κ3) is 4.14. The molecule has 4 nitrogen and oxygen atoms in total. The Morgan fingerprint density at radius 2 is 2.19 bits per heavy atom. The van der Waals surface area contributed by atoms with Crippen molar-refractivity contribution in [3.8, 4) is 11.5 Å². The van der Waals surface area contributed by atoms with E-state index in [1.165, 1.54) is 9.77 Å². The summed E-state index contributed by atoms with van der Waals surface area (Å²) < 4.78 is 11.9. The largest absolute Gasteiger partial charge is 0.454 e. The van der Waals surface area contributed by atoms with Crippen LogP contribution in [0.5, 0.6) is 11.5 Å². The van der Waals surface area contributed by atoms with Crippen molar-refractivity contribution in [3.63, 3.8) is 0 Å². The number of thiophene rings is 1. The molecule has 0 saturated heterocycles. The van der Waals surface area contributed by atoms with Gasteiger partial charge in [0.1, 0.15) is 19.2 Å². The van der Waals surface area contributed by atoms with Gasteiger partial charge < -0.3 is 19.9 Å². The van der Waals surface area contributed by atoms with Crippen molar-refractivity contribution in [1.82, 2.24) is 0 Å². The molecule has 3 rings (SSSR count). The van der Waals surface area contributed by atoms with Crippen molar-refractivity contribution in [1.29, 1.82) is 0 Å².